The number of benzene rings is 1. The Labute approximate surface area is 102 Å². The van der Waals surface area contributed by atoms with E-state index in [1.807, 2.05) is 24.3 Å². The number of esters is 1. The molecule has 0 fully saturated rings. The molecule has 0 aliphatic rings. The van der Waals surface area contributed by atoms with Crippen LogP contribution in [-0.2, 0) is 16.0 Å². The highest BCUT2D eigenvalue weighted by molar-refractivity contribution is 5.69. The predicted octanol–water partition coefficient (Wildman–Crippen LogP) is 1.52. The van der Waals surface area contributed by atoms with Crippen molar-refractivity contribution in [3.8, 4) is 5.75 Å². The lowest BCUT2D eigenvalue weighted by atomic mass is 10.1. The number of carbonyl (C=O) groups excluding carboxylic acids is 1. The molecule has 0 spiro atoms. The van der Waals surface area contributed by atoms with E-state index in [2.05, 4.69) is 4.74 Å². The lowest BCUT2D eigenvalue weighted by molar-refractivity contribution is -0.140. The smallest absolute Gasteiger partial charge is 0.305 e. The van der Waals surface area contributed by atoms with Crippen LogP contribution in [0.1, 0.15) is 18.4 Å². The fourth-order valence-corrected chi connectivity index (χ4v) is 1.47. The first-order valence-corrected chi connectivity index (χ1v) is 5.75. The number of hydrogen-bond donors (Lipinski definition) is 1. The second-order valence-electron chi connectivity index (χ2n) is 3.71. The van der Waals surface area contributed by atoms with Gasteiger partial charge in [-0.05, 0) is 37.1 Å². The van der Waals surface area contributed by atoms with Gasteiger partial charge in [0, 0.05) is 6.42 Å². The predicted molar refractivity (Wildman–Crippen MR) is 65.9 cm³/mol. The second kappa shape index (κ2) is 7.68. The van der Waals surface area contributed by atoms with Crippen molar-refractivity contribution < 1.29 is 14.3 Å². The largest absolute Gasteiger partial charge is 0.494 e. The molecule has 2 N–H and O–H groups in total. The summed E-state index contributed by atoms with van der Waals surface area (Å²) in [6, 6.07) is 7.85. The van der Waals surface area contributed by atoms with Crippen LogP contribution in [0.5, 0.6) is 5.75 Å². The van der Waals surface area contributed by atoms with Crippen LogP contribution in [0.4, 0.5) is 0 Å². The summed E-state index contributed by atoms with van der Waals surface area (Å²) in [6.07, 6.45) is 1.89. The highest BCUT2D eigenvalue weighted by Gasteiger charge is 2.00. The van der Waals surface area contributed by atoms with Crippen LogP contribution in [0.3, 0.4) is 0 Å². The van der Waals surface area contributed by atoms with Gasteiger partial charge in [0.2, 0.25) is 0 Å². The maximum absolute atomic E-state index is 10.9. The van der Waals surface area contributed by atoms with Gasteiger partial charge in [-0.1, -0.05) is 12.1 Å². The Morgan fingerprint density at radius 2 is 2.24 bits per heavy atom. The van der Waals surface area contributed by atoms with E-state index in [4.69, 9.17) is 10.5 Å². The van der Waals surface area contributed by atoms with Crippen LogP contribution < -0.4 is 10.5 Å². The van der Waals surface area contributed by atoms with Crippen molar-refractivity contribution in [3.05, 3.63) is 29.8 Å². The normalized spacial score (nSPS) is 10.0. The van der Waals surface area contributed by atoms with Gasteiger partial charge in [-0.3, -0.25) is 4.79 Å². The van der Waals surface area contributed by atoms with Crippen molar-refractivity contribution in [2.75, 3.05) is 20.3 Å². The maximum Gasteiger partial charge on any atom is 0.305 e. The summed E-state index contributed by atoms with van der Waals surface area (Å²) in [7, 11) is 1.39. The molecule has 1 aromatic carbocycles. The Hall–Kier alpha value is -1.55. The van der Waals surface area contributed by atoms with E-state index >= 15 is 0 Å². The van der Waals surface area contributed by atoms with Crippen molar-refractivity contribution in [3.63, 3.8) is 0 Å². The van der Waals surface area contributed by atoms with Crippen LogP contribution in [-0.4, -0.2) is 26.2 Å². The van der Waals surface area contributed by atoms with Crippen LogP contribution in [0.25, 0.3) is 0 Å². The van der Waals surface area contributed by atoms with E-state index in [0.717, 1.165) is 17.7 Å². The van der Waals surface area contributed by atoms with E-state index in [-0.39, 0.29) is 5.97 Å². The standard InChI is InChI=1S/C13H19NO3/c1-16-13(15)6-3-9-17-12-5-2-4-11(10-12)7-8-14/h2,4-5,10H,3,6-9,14H2,1H3. The zero-order valence-electron chi connectivity index (χ0n) is 10.1. The van der Waals surface area contributed by atoms with Gasteiger partial charge in [-0.25, -0.2) is 0 Å². The average molecular weight is 237 g/mol. The lowest BCUT2D eigenvalue weighted by Gasteiger charge is -2.07. The van der Waals surface area contributed by atoms with E-state index in [1.54, 1.807) is 0 Å². The molecule has 0 radical (unpaired) electrons. The molecule has 0 bridgehead atoms. The summed E-state index contributed by atoms with van der Waals surface area (Å²) >= 11 is 0. The first-order valence-electron chi connectivity index (χ1n) is 5.75. The molecule has 4 heteroatoms. The van der Waals surface area contributed by atoms with Crippen LogP contribution >= 0.6 is 0 Å². The van der Waals surface area contributed by atoms with Crippen LogP contribution in [0.15, 0.2) is 24.3 Å². The van der Waals surface area contributed by atoms with Gasteiger partial charge in [0.05, 0.1) is 13.7 Å². The molecule has 0 atom stereocenters. The van der Waals surface area contributed by atoms with Gasteiger partial charge in [-0.2, -0.15) is 0 Å². The molecule has 1 rings (SSSR count). The van der Waals surface area contributed by atoms with Crippen molar-refractivity contribution >= 4 is 5.97 Å². The molecule has 0 heterocycles. The summed E-state index contributed by atoms with van der Waals surface area (Å²) in [5.74, 6) is 0.617. The first kappa shape index (κ1) is 13.5. The minimum atomic E-state index is -0.203. The van der Waals surface area contributed by atoms with Crippen LogP contribution in [0.2, 0.25) is 0 Å². The van der Waals surface area contributed by atoms with Gasteiger partial charge in [0.15, 0.2) is 0 Å². The molecule has 0 aliphatic heterocycles. The molecule has 0 aromatic heterocycles. The van der Waals surface area contributed by atoms with Crippen molar-refractivity contribution in [2.24, 2.45) is 5.73 Å². The highest BCUT2D eigenvalue weighted by Crippen LogP contribution is 2.14. The molecule has 0 amide bonds. The van der Waals surface area contributed by atoms with Gasteiger partial charge >= 0.3 is 5.97 Å². The monoisotopic (exact) mass is 237 g/mol. The van der Waals surface area contributed by atoms with Gasteiger partial charge in [0.1, 0.15) is 5.75 Å². The van der Waals surface area contributed by atoms with Crippen molar-refractivity contribution in [1.82, 2.24) is 0 Å². The fourth-order valence-electron chi connectivity index (χ4n) is 1.47. The molecular formula is C13H19NO3. The third kappa shape index (κ3) is 5.36. The number of carbonyl (C=O) groups is 1. The number of methoxy groups -OCH3 is 1. The number of hydrogen-bond acceptors (Lipinski definition) is 4. The molecule has 94 valence electrons. The topological polar surface area (TPSA) is 61.5 Å². The molecule has 17 heavy (non-hydrogen) atoms. The second-order valence-corrected chi connectivity index (χ2v) is 3.71. The zero-order chi connectivity index (χ0) is 12.5. The number of ether oxygens (including phenoxy) is 2. The Bertz CT molecular complexity index is 352. The van der Waals surface area contributed by atoms with E-state index in [9.17, 15) is 4.79 Å². The van der Waals surface area contributed by atoms with Crippen molar-refractivity contribution in [1.29, 1.82) is 0 Å². The molecule has 0 saturated carbocycles. The minimum Gasteiger partial charge on any atom is -0.494 e. The summed E-state index contributed by atoms with van der Waals surface area (Å²) in [6.45, 7) is 1.15. The molecule has 1 aromatic rings. The Morgan fingerprint density at radius 3 is 2.94 bits per heavy atom. The minimum absolute atomic E-state index is 0.203. The Balaban J connectivity index is 2.31. The maximum atomic E-state index is 10.9. The SMILES string of the molecule is COC(=O)CCCOc1cccc(CCN)c1. The van der Waals surface area contributed by atoms with Crippen LogP contribution in [0, 0.1) is 0 Å². The van der Waals surface area contributed by atoms with E-state index in [0.29, 0.717) is 26.0 Å². The molecular weight excluding hydrogens is 218 g/mol. The van der Waals surface area contributed by atoms with Gasteiger partial charge in [-0.15, -0.1) is 0 Å². The van der Waals surface area contributed by atoms with Gasteiger partial charge in [0.25, 0.3) is 0 Å². The third-order valence-corrected chi connectivity index (χ3v) is 2.35. The number of nitrogens with two attached hydrogens (primary N) is 1. The van der Waals surface area contributed by atoms with Crippen molar-refractivity contribution in [2.45, 2.75) is 19.3 Å². The third-order valence-electron chi connectivity index (χ3n) is 2.35. The quantitative estimate of drug-likeness (QED) is 0.577. The number of rotatable bonds is 7. The zero-order valence-corrected chi connectivity index (χ0v) is 10.1. The van der Waals surface area contributed by atoms with E-state index < -0.39 is 0 Å². The Kier molecular flexibility index (Phi) is 6.10. The Morgan fingerprint density at radius 1 is 1.41 bits per heavy atom. The molecule has 0 unspecified atom stereocenters. The highest BCUT2D eigenvalue weighted by atomic mass is 16.5. The first-order chi connectivity index (χ1) is 8.26. The molecule has 0 aliphatic carbocycles. The van der Waals surface area contributed by atoms with Gasteiger partial charge < -0.3 is 15.2 Å². The summed E-state index contributed by atoms with van der Waals surface area (Å²) in [5.41, 5.74) is 6.65. The average Bonchev–Trinajstić information content (AvgIpc) is 2.35. The van der Waals surface area contributed by atoms with E-state index in [1.165, 1.54) is 7.11 Å². The molecule has 4 nitrogen and oxygen atoms in total. The lowest BCUT2D eigenvalue weighted by Crippen LogP contribution is -2.05. The summed E-state index contributed by atoms with van der Waals surface area (Å²) in [4.78, 5) is 10.9. The fraction of sp³-hybridized carbons (Fsp3) is 0.462. The summed E-state index contributed by atoms with van der Waals surface area (Å²) in [5, 5.41) is 0. The summed E-state index contributed by atoms with van der Waals surface area (Å²) < 4.78 is 10.1. The molecule has 0 saturated heterocycles.